The van der Waals surface area contributed by atoms with Gasteiger partial charge in [0.1, 0.15) is 0 Å². The van der Waals surface area contributed by atoms with Gasteiger partial charge in [-0.15, -0.1) is 0 Å². The standard InChI is InChI=1S/C9H6FNO2/c10-8-6(12)3-1-5-2-4-7(13)11-9(5)8/h1-4,12H,(H,11,13). The van der Waals surface area contributed by atoms with Crippen LogP contribution in [0.25, 0.3) is 10.9 Å². The first-order valence-corrected chi connectivity index (χ1v) is 3.69. The number of H-pyrrole nitrogens is 1. The summed E-state index contributed by atoms with van der Waals surface area (Å²) in [6.07, 6.45) is 0. The summed E-state index contributed by atoms with van der Waals surface area (Å²) in [6.45, 7) is 0. The number of aromatic nitrogens is 1. The Morgan fingerprint density at radius 3 is 2.69 bits per heavy atom. The Kier molecular flexibility index (Phi) is 1.55. The number of aromatic hydroxyl groups is 1. The molecule has 0 aliphatic carbocycles. The molecular formula is C9H6FNO2. The molecule has 2 N–H and O–H groups in total. The summed E-state index contributed by atoms with van der Waals surface area (Å²) < 4.78 is 13.2. The number of rotatable bonds is 0. The van der Waals surface area contributed by atoms with E-state index in [1.54, 1.807) is 0 Å². The van der Waals surface area contributed by atoms with Crippen molar-refractivity contribution in [2.24, 2.45) is 0 Å². The molecule has 0 aliphatic heterocycles. The lowest BCUT2D eigenvalue weighted by molar-refractivity contribution is 0.435. The summed E-state index contributed by atoms with van der Waals surface area (Å²) in [7, 11) is 0. The number of halogens is 1. The molecule has 0 saturated carbocycles. The van der Waals surface area contributed by atoms with E-state index in [-0.39, 0.29) is 5.52 Å². The summed E-state index contributed by atoms with van der Waals surface area (Å²) in [4.78, 5) is 13.2. The van der Waals surface area contributed by atoms with Gasteiger partial charge in [-0.1, -0.05) is 0 Å². The Hall–Kier alpha value is -1.84. The number of hydrogen-bond acceptors (Lipinski definition) is 2. The van der Waals surface area contributed by atoms with Gasteiger partial charge < -0.3 is 10.1 Å². The second-order valence-electron chi connectivity index (χ2n) is 2.69. The molecule has 0 amide bonds. The van der Waals surface area contributed by atoms with Crippen molar-refractivity contribution in [3.8, 4) is 5.75 Å². The summed E-state index contributed by atoms with van der Waals surface area (Å²) in [5.74, 6) is -1.26. The quantitative estimate of drug-likeness (QED) is 0.641. The molecule has 0 fully saturated rings. The van der Waals surface area contributed by atoms with E-state index in [2.05, 4.69) is 4.98 Å². The van der Waals surface area contributed by atoms with Crippen molar-refractivity contribution in [2.45, 2.75) is 0 Å². The van der Waals surface area contributed by atoms with Crippen molar-refractivity contribution < 1.29 is 9.50 Å². The molecule has 2 rings (SSSR count). The number of aromatic amines is 1. The van der Waals surface area contributed by atoms with E-state index in [1.807, 2.05) is 0 Å². The van der Waals surface area contributed by atoms with Gasteiger partial charge in [-0.2, -0.15) is 0 Å². The molecule has 0 bridgehead atoms. The van der Waals surface area contributed by atoms with Crippen LogP contribution in [-0.2, 0) is 0 Å². The lowest BCUT2D eigenvalue weighted by atomic mass is 10.2. The lowest BCUT2D eigenvalue weighted by Crippen LogP contribution is -2.03. The highest BCUT2D eigenvalue weighted by molar-refractivity contribution is 5.80. The average molecular weight is 179 g/mol. The van der Waals surface area contributed by atoms with Gasteiger partial charge in [-0.25, -0.2) is 4.39 Å². The lowest BCUT2D eigenvalue weighted by Gasteiger charge is -1.99. The first-order valence-electron chi connectivity index (χ1n) is 3.69. The second kappa shape index (κ2) is 2.58. The molecule has 0 unspecified atom stereocenters. The molecule has 1 aromatic heterocycles. The number of fused-ring (bicyclic) bond motifs is 1. The van der Waals surface area contributed by atoms with Gasteiger partial charge in [-0.05, 0) is 18.2 Å². The van der Waals surface area contributed by atoms with Gasteiger partial charge in [0.05, 0.1) is 5.52 Å². The van der Waals surface area contributed by atoms with Gasteiger partial charge in [0.2, 0.25) is 5.56 Å². The Bertz CT molecular complexity index is 518. The summed E-state index contributed by atoms with van der Waals surface area (Å²) in [6, 6.07) is 5.58. The third kappa shape index (κ3) is 1.16. The number of benzene rings is 1. The van der Waals surface area contributed by atoms with Crippen molar-refractivity contribution in [1.29, 1.82) is 0 Å². The van der Waals surface area contributed by atoms with E-state index in [9.17, 15) is 9.18 Å². The zero-order chi connectivity index (χ0) is 9.42. The van der Waals surface area contributed by atoms with Crippen LogP contribution in [0.3, 0.4) is 0 Å². The van der Waals surface area contributed by atoms with E-state index in [0.29, 0.717) is 5.39 Å². The van der Waals surface area contributed by atoms with Crippen LogP contribution in [0, 0.1) is 5.82 Å². The molecule has 66 valence electrons. The zero-order valence-corrected chi connectivity index (χ0v) is 6.54. The zero-order valence-electron chi connectivity index (χ0n) is 6.54. The monoisotopic (exact) mass is 179 g/mol. The minimum Gasteiger partial charge on any atom is -0.505 e. The van der Waals surface area contributed by atoms with Crippen molar-refractivity contribution in [1.82, 2.24) is 4.98 Å². The molecule has 0 spiro atoms. The number of nitrogens with one attached hydrogen (secondary N) is 1. The number of pyridine rings is 1. The van der Waals surface area contributed by atoms with E-state index >= 15 is 0 Å². The molecule has 1 aromatic carbocycles. The second-order valence-corrected chi connectivity index (χ2v) is 2.69. The van der Waals surface area contributed by atoms with Crippen LogP contribution in [0.1, 0.15) is 0 Å². The van der Waals surface area contributed by atoms with E-state index in [1.165, 1.54) is 24.3 Å². The molecule has 0 saturated heterocycles. The molecular weight excluding hydrogens is 173 g/mol. The Balaban J connectivity index is 2.97. The Labute approximate surface area is 72.5 Å². The molecule has 0 aliphatic rings. The SMILES string of the molecule is O=c1ccc2ccc(O)c(F)c2[nH]1. The summed E-state index contributed by atoms with van der Waals surface area (Å²) in [5, 5.41) is 9.56. The highest BCUT2D eigenvalue weighted by Crippen LogP contribution is 2.21. The molecule has 4 heteroatoms. The van der Waals surface area contributed by atoms with E-state index < -0.39 is 17.1 Å². The predicted molar refractivity (Wildman–Crippen MR) is 46.2 cm³/mol. The third-order valence-corrected chi connectivity index (χ3v) is 1.82. The van der Waals surface area contributed by atoms with Crippen LogP contribution in [0.15, 0.2) is 29.1 Å². The molecule has 2 aromatic rings. The largest absolute Gasteiger partial charge is 0.505 e. The smallest absolute Gasteiger partial charge is 0.248 e. The van der Waals surface area contributed by atoms with Crippen molar-refractivity contribution in [3.63, 3.8) is 0 Å². The van der Waals surface area contributed by atoms with Crippen molar-refractivity contribution >= 4 is 10.9 Å². The topological polar surface area (TPSA) is 53.1 Å². The minimum absolute atomic E-state index is 0.0347. The normalized spacial score (nSPS) is 10.5. The first-order chi connectivity index (χ1) is 6.18. The van der Waals surface area contributed by atoms with Crippen molar-refractivity contribution in [2.75, 3.05) is 0 Å². The predicted octanol–water partition coefficient (Wildman–Crippen LogP) is 1.37. The summed E-state index contributed by atoms with van der Waals surface area (Å²) in [5.41, 5.74) is -0.357. The van der Waals surface area contributed by atoms with E-state index in [0.717, 1.165) is 0 Å². The van der Waals surface area contributed by atoms with Crippen LogP contribution < -0.4 is 5.56 Å². The number of phenolic OH excluding ortho intramolecular Hbond substituents is 1. The van der Waals surface area contributed by atoms with E-state index in [4.69, 9.17) is 5.11 Å². The molecule has 1 heterocycles. The van der Waals surface area contributed by atoms with Crippen LogP contribution in [0.2, 0.25) is 0 Å². The van der Waals surface area contributed by atoms with Gasteiger partial charge in [0.25, 0.3) is 0 Å². The average Bonchev–Trinajstić information content (AvgIpc) is 2.12. The number of hydrogen-bond donors (Lipinski definition) is 2. The highest BCUT2D eigenvalue weighted by Gasteiger charge is 2.05. The fourth-order valence-corrected chi connectivity index (χ4v) is 1.18. The van der Waals surface area contributed by atoms with Crippen LogP contribution in [-0.4, -0.2) is 10.1 Å². The van der Waals surface area contributed by atoms with Crippen molar-refractivity contribution in [3.05, 3.63) is 40.4 Å². The fourth-order valence-electron chi connectivity index (χ4n) is 1.18. The maximum atomic E-state index is 13.2. The van der Waals surface area contributed by atoms with Crippen LogP contribution in [0.5, 0.6) is 5.75 Å². The first kappa shape index (κ1) is 7.79. The minimum atomic E-state index is -0.796. The molecule has 13 heavy (non-hydrogen) atoms. The molecule has 0 atom stereocenters. The molecule has 0 radical (unpaired) electrons. The maximum absolute atomic E-state index is 13.2. The Morgan fingerprint density at radius 2 is 1.92 bits per heavy atom. The van der Waals surface area contributed by atoms with Gasteiger partial charge >= 0.3 is 0 Å². The fraction of sp³-hybridized carbons (Fsp3) is 0. The number of phenols is 1. The highest BCUT2D eigenvalue weighted by atomic mass is 19.1. The van der Waals surface area contributed by atoms with Gasteiger partial charge in [-0.3, -0.25) is 4.79 Å². The summed E-state index contributed by atoms with van der Waals surface area (Å²) >= 11 is 0. The van der Waals surface area contributed by atoms with Crippen LogP contribution >= 0.6 is 0 Å². The Morgan fingerprint density at radius 1 is 1.23 bits per heavy atom. The van der Waals surface area contributed by atoms with Crippen LogP contribution in [0.4, 0.5) is 4.39 Å². The molecule has 3 nitrogen and oxygen atoms in total. The maximum Gasteiger partial charge on any atom is 0.248 e. The third-order valence-electron chi connectivity index (χ3n) is 1.82. The van der Waals surface area contributed by atoms with Gasteiger partial charge in [0, 0.05) is 11.5 Å². The van der Waals surface area contributed by atoms with Gasteiger partial charge in [0.15, 0.2) is 11.6 Å².